The molecule has 0 spiro atoms. The highest BCUT2D eigenvalue weighted by atomic mass is 19.1. The van der Waals surface area contributed by atoms with Crippen molar-refractivity contribution in [3.05, 3.63) is 126 Å². The van der Waals surface area contributed by atoms with E-state index in [-0.39, 0.29) is 19.0 Å². The van der Waals surface area contributed by atoms with Crippen molar-refractivity contribution >= 4 is 5.91 Å². The summed E-state index contributed by atoms with van der Waals surface area (Å²) in [4.78, 5) is 15.4. The fraction of sp³-hybridized carbons (Fsp3) is 0.161. The molecule has 0 saturated carbocycles. The lowest BCUT2D eigenvalue weighted by atomic mass is 10.1. The lowest BCUT2D eigenvalue weighted by molar-refractivity contribution is 0.0716. The fourth-order valence-electron chi connectivity index (χ4n) is 4.33. The topological polar surface area (TPSA) is 69.7 Å². The Morgan fingerprint density at radius 1 is 0.923 bits per heavy atom. The Morgan fingerprint density at radius 2 is 1.64 bits per heavy atom. The maximum Gasteiger partial charge on any atom is 0.254 e. The van der Waals surface area contributed by atoms with Gasteiger partial charge in [-0.25, -0.2) is 9.07 Å². The summed E-state index contributed by atoms with van der Waals surface area (Å²) in [7, 11) is 1.58. The van der Waals surface area contributed by atoms with Crippen LogP contribution in [0.4, 0.5) is 4.39 Å². The zero-order chi connectivity index (χ0) is 27.2. The molecule has 3 aromatic carbocycles. The Balaban J connectivity index is 1.61. The van der Waals surface area contributed by atoms with Gasteiger partial charge in [-0.2, -0.15) is 5.10 Å². The monoisotopic (exact) mass is 525 g/mol. The molecule has 39 heavy (non-hydrogen) atoms. The Labute approximate surface area is 226 Å². The third-order valence-corrected chi connectivity index (χ3v) is 6.29. The summed E-state index contributed by atoms with van der Waals surface area (Å²) < 4.78 is 33.0. The molecule has 0 fully saturated rings. The molecule has 0 radical (unpaired) electrons. The number of methoxy groups -OCH3 is 1. The SMILES string of the molecule is CCc1nn(-c2ccccc2)c(Oc2ccccc2OC)c1CN(Cc1ccco1)C(=O)c1ccc(F)cc1. The number of ether oxygens (including phenoxy) is 2. The quantitative estimate of drug-likeness (QED) is 0.200. The molecule has 5 rings (SSSR count). The van der Waals surface area contributed by atoms with Gasteiger partial charge in [-0.1, -0.05) is 37.3 Å². The van der Waals surface area contributed by atoms with Crippen molar-refractivity contribution < 1.29 is 23.1 Å². The van der Waals surface area contributed by atoms with Gasteiger partial charge in [0.1, 0.15) is 11.6 Å². The van der Waals surface area contributed by atoms with Crippen LogP contribution in [-0.2, 0) is 19.5 Å². The largest absolute Gasteiger partial charge is 0.493 e. The first-order valence-corrected chi connectivity index (χ1v) is 12.6. The summed E-state index contributed by atoms with van der Waals surface area (Å²) in [6, 6.07) is 26.1. The van der Waals surface area contributed by atoms with E-state index in [1.54, 1.807) is 29.0 Å². The van der Waals surface area contributed by atoms with E-state index in [0.717, 1.165) is 16.9 Å². The summed E-state index contributed by atoms with van der Waals surface area (Å²) in [5, 5.41) is 4.88. The van der Waals surface area contributed by atoms with Crippen molar-refractivity contribution in [3.63, 3.8) is 0 Å². The first-order chi connectivity index (χ1) is 19.1. The highest BCUT2D eigenvalue weighted by Gasteiger charge is 2.26. The number of furan rings is 1. The number of para-hydroxylation sites is 3. The van der Waals surface area contributed by atoms with Crippen molar-refractivity contribution in [2.75, 3.05) is 7.11 Å². The normalized spacial score (nSPS) is 10.8. The van der Waals surface area contributed by atoms with Crippen LogP contribution >= 0.6 is 0 Å². The van der Waals surface area contributed by atoms with Crippen LogP contribution < -0.4 is 9.47 Å². The van der Waals surface area contributed by atoms with E-state index >= 15 is 0 Å². The summed E-state index contributed by atoms with van der Waals surface area (Å²) in [5.74, 6) is 1.49. The van der Waals surface area contributed by atoms with E-state index in [1.807, 2.05) is 67.6 Å². The molecule has 0 aliphatic carbocycles. The van der Waals surface area contributed by atoms with Crippen LogP contribution in [0.15, 0.2) is 102 Å². The molecular weight excluding hydrogens is 497 g/mol. The highest BCUT2D eigenvalue weighted by Crippen LogP contribution is 2.36. The molecule has 198 valence electrons. The maximum atomic E-state index is 13.7. The zero-order valence-electron chi connectivity index (χ0n) is 21.7. The Morgan fingerprint density at radius 3 is 2.31 bits per heavy atom. The van der Waals surface area contributed by atoms with Gasteiger partial charge in [0, 0.05) is 5.56 Å². The predicted octanol–water partition coefficient (Wildman–Crippen LogP) is 6.81. The number of halogens is 1. The molecule has 0 aliphatic heterocycles. The lowest BCUT2D eigenvalue weighted by Gasteiger charge is -2.23. The number of amides is 1. The van der Waals surface area contributed by atoms with Gasteiger partial charge in [0.25, 0.3) is 5.91 Å². The minimum atomic E-state index is -0.408. The molecule has 7 nitrogen and oxygen atoms in total. The highest BCUT2D eigenvalue weighted by molar-refractivity contribution is 5.94. The van der Waals surface area contributed by atoms with Crippen molar-refractivity contribution in [2.45, 2.75) is 26.4 Å². The van der Waals surface area contributed by atoms with Gasteiger partial charge in [0.2, 0.25) is 5.88 Å². The third kappa shape index (κ3) is 5.70. The maximum absolute atomic E-state index is 13.7. The Kier molecular flexibility index (Phi) is 7.73. The van der Waals surface area contributed by atoms with Crippen LogP contribution in [0.3, 0.4) is 0 Å². The van der Waals surface area contributed by atoms with Crippen LogP contribution in [0.1, 0.15) is 34.3 Å². The van der Waals surface area contributed by atoms with Gasteiger partial charge < -0.3 is 18.8 Å². The van der Waals surface area contributed by atoms with E-state index in [2.05, 4.69) is 0 Å². The van der Waals surface area contributed by atoms with Crippen LogP contribution in [0.25, 0.3) is 5.69 Å². The third-order valence-electron chi connectivity index (χ3n) is 6.29. The first-order valence-electron chi connectivity index (χ1n) is 12.6. The minimum absolute atomic E-state index is 0.178. The summed E-state index contributed by atoms with van der Waals surface area (Å²) in [6.07, 6.45) is 2.17. The van der Waals surface area contributed by atoms with Crippen LogP contribution in [0, 0.1) is 5.82 Å². The number of benzene rings is 3. The van der Waals surface area contributed by atoms with E-state index < -0.39 is 5.82 Å². The molecule has 2 heterocycles. The molecule has 5 aromatic rings. The standard InChI is InChI=1S/C31H28FN3O4/c1-3-27-26(21-34(20-25-12-9-19-38-25)30(36)22-15-17-23(32)18-16-22)31(35(33-27)24-10-5-4-6-11-24)39-29-14-8-7-13-28(29)37-2/h4-19H,3,20-21H2,1-2H3. The van der Waals surface area contributed by atoms with Gasteiger partial charge in [0.05, 0.1) is 43.4 Å². The summed E-state index contributed by atoms with van der Waals surface area (Å²) in [5.41, 5.74) is 2.70. The number of carbonyl (C=O) groups excluding carboxylic acids is 1. The molecule has 1 amide bonds. The van der Waals surface area contributed by atoms with E-state index in [9.17, 15) is 9.18 Å². The van der Waals surface area contributed by atoms with Crippen molar-refractivity contribution in [3.8, 4) is 23.1 Å². The number of aryl methyl sites for hydroxylation is 1. The lowest BCUT2D eigenvalue weighted by Crippen LogP contribution is -2.30. The second-order valence-electron chi connectivity index (χ2n) is 8.83. The average molecular weight is 526 g/mol. The van der Waals surface area contributed by atoms with Crippen molar-refractivity contribution in [1.29, 1.82) is 0 Å². The molecule has 0 N–H and O–H groups in total. The van der Waals surface area contributed by atoms with E-state index in [0.29, 0.717) is 35.1 Å². The Bertz CT molecular complexity index is 1530. The smallest absolute Gasteiger partial charge is 0.254 e. The molecule has 8 heteroatoms. The Hall–Kier alpha value is -4.85. The van der Waals surface area contributed by atoms with Gasteiger partial charge in [-0.05, 0) is 67.1 Å². The van der Waals surface area contributed by atoms with Gasteiger partial charge in [0.15, 0.2) is 11.5 Å². The second-order valence-corrected chi connectivity index (χ2v) is 8.83. The fourth-order valence-corrected chi connectivity index (χ4v) is 4.33. The van der Waals surface area contributed by atoms with Gasteiger partial charge in [-0.15, -0.1) is 0 Å². The van der Waals surface area contributed by atoms with Gasteiger partial charge >= 0.3 is 0 Å². The van der Waals surface area contributed by atoms with E-state index in [4.69, 9.17) is 19.0 Å². The summed E-state index contributed by atoms with van der Waals surface area (Å²) >= 11 is 0. The molecule has 0 saturated heterocycles. The number of rotatable bonds is 10. The van der Waals surface area contributed by atoms with E-state index in [1.165, 1.54) is 24.3 Å². The number of hydrogen-bond donors (Lipinski definition) is 0. The zero-order valence-corrected chi connectivity index (χ0v) is 21.7. The predicted molar refractivity (Wildman–Crippen MR) is 145 cm³/mol. The average Bonchev–Trinajstić information content (AvgIpc) is 3.61. The molecule has 0 aliphatic rings. The number of hydrogen-bond acceptors (Lipinski definition) is 5. The number of carbonyl (C=O) groups is 1. The molecule has 0 atom stereocenters. The van der Waals surface area contributed by atoms with Gasteiger partial charge in [-0.3, -0.25) is 4.79 Å². The van der Waals surface area contributed by atoms with Crippen LogP contribution in [0.5, 0.6) is 17.4 Å². The van der Waals surface area contributed by atoms with Crippen LogP contribution in [-0.4, -0.2) is 27.7 Å². The summed E-state index contributed by atoms with van der Waals surface area (Å²) in [6.45, 7) is 2.39. The molecular formula is C31H28FN3O4. The molecule has 0 unspecified atom stereocenters. The number of nitrogens with zero attached hydrogens (tertiary/aromatic N) is 3. The number of aromatic nitrogens is 2. The van der Waals surface area contributed by atoms with Crippen molar-refractivity contribution in [2.24, 2.45) is 0 Å². The minimum Gasteiger partial charge on any atom is -0.493 e. The second kappa shape index (κ2) is 11.7. The van der Waals surface area contributed by atoms with Crippen LogP contribution in [0.2, 0.25) is 0 Å². The molecule has 0 bridgehead atoms. The van der Waals surface area contributed by atoms with Crippen molar-refractivity contribution in [1.82, 2.24) is 14.7 Å². The molecule has 2 aromatic heterocycles. The first kappa shape index (κ1) is 25.8.